The molecular formula is C17H21ClN2O4. The second-order valence-electron chi connectivity index (χ2n) is 6.62. The van der Waals surface area contributed by atoms with Gasteiger partial charge in [-0.05, 0) is 42.9 Å². The third kappa shape index (κ3) is 3.21. The van der Waals surface area contributed by atoms with Gasteiger partial charge >= 0.3 is 5.97 Å². The number of methoxy groups -OCH3 is 1. The number of rotatable bonds is 3. The Bertz CT molecular complexity index is 656. The molecule has 3 rings (SSSR count). The number of aliphatic carboxylic acids is 1. The Morgan fingerprint density at radius 3 is 2.62 bits per heavy atom. The minimum absolute atomic E-state index is 0.00259. The summed E-state index contributed by atoms with van der Waals surface area (Å²) in [5.74, 6) is -0.295. The summed E-state index contributed by atoms with van der Waals surface area (Å²) in [6.07, 6.45) is 2.28. The number of hydrogen-bond donors (Lipinski definition) is 2. The lowest BCUT2D eigenvalue weighted by molar-refractivity contribution is -0.139. The highest BCUT2D eigenvalue weighted by molar-refractivity contribution is 6.32. The lowest BCUT2D eigenvalue weighted by atomic mass is 9.76. The Morgan fingerprint density at radius 1 is 1.38 bits per heavy atom. The van der Waals surface area contributed by atoms with E-state index in [-0.39, 0.29) is 11.3 Å². The van der Waals surface area contributed by atoms with Crippen LogP contribution in [0.3, 0.4) is 0 Å². The van der Waals surface area contributed by atoms with Crippen LogP contribution in [0.4, 0.5) is 0 Å². The second kappa shape index (κ2) is 6.61. The molecule has 1 spiro atoms. The van der Waals surface area contributed by atoms with E-state index in [0.717, 1.165) is 12.8 Å². The van der Waals surface area contributed by atoms with E-state index in [1.54, 1.807) is 18.2 Å². The highest BCUT2D eigenvalue weighted by Gasteiger charge is 2.44. The lowest BCUT2D eigenvalue weighted by Gasteiger charge is -2.39. The van der Waals surface area contributed by atoms with E-state index < -0.39 is 12.0 Å². The number of halogens is 1. The summed E-state index contributed by atoms with van der Waals surface area (Å²) in [6.45, 7) is 1.98. The first kappa shape index (κ1) is 17.0. The topological polar surface area (TPSA) is 78.9 Å². The quantitative estimate of drug-likeness (QED) is 0.870. The molecule has 7 heteroatoms. The van der Waals surface area contributed by atoms with Gasteiger partial charge in [0.05, 0.1) is 12.1 Å². The molecule has 2 aliphatic heterocycles. The van der Waals surface area contributed by atoms with E-state index in [1.165, 1.54) is 7.11 Å². The molecule has 1 atom stereocenters. The van der Waals surface area contributed by atoms with Gasteiger partial charge in [0.25, 0.3) is 5.91 Å². The van der Waals surface area contributed by atoms with Gasteiger partial charge in [0.1, 0.15) is 11.8 Å². The van der Waals surface area contributed by atoms with Crippen LogP contribution in [-0.2, 0) is 4.79 Å². The summed E-state index contributed by atoms with van der Waals surface area (Å²) < 4.78 is 5.11. The Hall–Kier alpha value is -1.79. The standard InChI is InChI=1S/C17H21ClN2O4/c1-24-14-3-2-11(8-12(14)18)15(21)20-6-4-17(5-7-20)9-13(16(22)23)19-10-17/h2-3,8,13,19H,4-7,9-10H2,1H3,(H,22,23). The number of piperidine rings is 1. The number of carbonyl (C=O) groups excluding carboxylic acids is 1. The van der Waals surface area contributed by atoms with Gasteiger partial charge in [-0.2, -0.15) is 0 Å². The van der Waals surface area contributed by atoms with Crippen LogP contribution < -0.4 is 10.1 Å². The fraction of sp³-hybridized carbons (Fsp3) is 0.529. The van der Waals surface area contributed by atoms with Crippen molar-refractivity contribution in [3.05, 3.63) is 28.8 Å². The number of carboxylic acid groups (broad SMARTS) is 1. The Morgan fingerprint density at radius 2 is 2.08 bits per heavy atom. The molecule has 6 nitrogen and oxygen atoms in total. The third-order valence-electron chi connectivity index (χ3n) is 5.17. The molecule has 2 N–H and O–H groups in total. The van der Waals surface area contributed by atoms with Crippen LogP contribution in [0.15, 0.2) is 18.2 Å². The molecule has 0 aliphatic carbocycles. The molecule has 2 fully saturated rings. The van der Waals surface area contributed by atoms with Crippen molar-refractivity contribution >= 4 is 23.5 Å². The third-order valence-corrected chi connectivity index (χ3v) is 5.46. The number of likely N-dealkylation sites (tertiary alicyclic amines) is 1. The average Bonchev–Trinajstić information content (AvgIpc) is 2.99. The molecule has 1 aromatic rings. The number of nitrogens with one attached hydrogen (secondary N) is 1. The molecule has 1 aromatic carbocycles. The largest absolute Gasteiger partial charge is 0.495 e. The molecule has 2 aliphatic rings. The minimum atomic E-state index is -0.793. The van der Waals surface area contributed by atoms with Crippen LogP contribution in [0.2, 0.25) is 5.02 Å². The van der Waals surface area contributed by atoms with Gasteiger partial charge in [-0.3, -0.25) is 9.59 Å². The van der Waals surface area contributed by atoms with Crippen molar-refractivity contribution in [1.29, 1.82) is 0 Å². The fourth-order valence-electron chi connectivity index (χ4n) is 3.64. The van der Waals surface area contributed by atoms with Crippen molar-refractivity contribution < 1.29 is 19.4 Å². The Kier molecular flexibility index (Phi) is 4.69. The molecule has 2 saturated heterocycles. The van der Waals surface area contributed by atoms with Crippen molar-refractivity contribution in [2.24, 2.45) is 5.41 Å². The Balaban J connectivity index is 1.63. The van der Waals surface area contributed by atoms with E-state index >= 15 is 0 Å². The van der Waals surface area contributed by atoms with Crippen LogP contribution in [0.5, 0.6) is 5.75 Å². The van der Waals surface area contributed by atoms with Gasteiger partial charge in [0, 0.05) is 25.2 Å². The number of carboxylic acids is 1. The monoisotopic (exact) mass is 352 g/mol. The maximum Gasteiger partial charge on any atom is 0.320 e. The number of hydrogen-bond acceptors (Lipinski definition) is 4. The number of nitrogens with zero attached hydrogens (tertiary/aromatic N) is 1. The van der Waals surface area contributed by atoms with Gasteiger partial charge in [-0.15, -0.1) is 0 Å². The number of carbonyl (C=O) groups is 2. The summed E-state index contributed by atoms with van der Waals surface area (Å²) in [6, 6.07) is 4.58. The zero-order chi connectivity index (χ0) is 17.3. The molecule has 1 unspecified atom stereocenters. The average molecular weight is 353 g/mol. The number of amides is 1. The summed E-state index contributed by atoms with van der Waals surface area (Å²) in [7, 11) is 1.53. The molecule has 0 radical (unpaired) electrons. The van der Waals surface area contributed by atoms with Gasteiger partial charge < -0.3 is 20.1 Å². The normalized spacial score (nSPS) is 22.6. The van der Waals surface area contributed by atoms with Crippen LogP contribution in [-0.4, -0.2) is 54.7 Å². The number of benzene rings is 1. The first-order valence-electron chi connectivity index (χ1n) is 8.03. The molecule has 0 bridgehead atoms. The molecule has 24 heavy (non-hydrogen) atoms. The maximum absolute atomic E-state index is 12.6. The minimum Gasteiger partial charge on any atom is -0.495 e. The van der Waals surface area contributed by atoms with Crippen molar-refractivity contribution in [1.82, 2.24) is 10.2 Å². The van der Waals surface area contributed by atoms with Crippen molar-refractivity contribution in [3.63, 3.8) is 0 Å². The van der Waals surface area contributed by atoms with Gasteiger partial charge in [0.15, 0.2) is 0 Å². The molecular weight excluding hydrogens is 332 g/mol. The van der Waals surface area contributed by atoms with Crippen LogP contribution >= 0.6 is 11.6 Å². The van der Waals surface area contributed by atoms with Gasteiger partial charge in [-0.25, -0.2) is 0 Å². The zero-order valence-electron chi connectivity index (χ0n) is 13.5. The maximum atomic E-state index is 12.6. The van der Waals surface area contributed by atoms with E-state index in [4.69, 9.17) is 21.4 Å². The zero-order valence-corrected chi connectivity index (χ0v) is 14.3. The van der Waals surface area contributed by atoms with Crippen molar-refractivity contribution in [3.8, 4) is 5.75 Å². The van der Waals surface area contributed by atoms with E-state index in [1.807, 2.05) is 4.90 Å². The summed E-state index contributed by atoms with van der Waals surface area (Å²) in [5.41, 5.74) is 0.543. The second-order valence-corrected chi connectivity index (χ2v) is 7.02. The SMILES string of the molecule is COc1ccc(C(=O)N2CCC3(CC2)CNC(C(=O)O)C3)cc1Cl. The summed E-state index contributed by atoms with van der Waals surface area (Å²) in [5, 5.41) is 12.6. The predicted molar refractivity (Wildman–Crippen MR) is 89.6 cm³/mol. The van der Waals surface area contributed by atoms with Crippen molar-refractivity contribution in [2.45, 2.75) is 25.3 Å². The highest BCUT2D eigenvalue weighted by atomic mass is 35.5. The molecule has 130 valence electrons. The lowest BCUT2D eigenvalue weighted by Crippen LogP contribution is -2.44. The molecule has 0 saturated carbocycles. The van der Waals surface area contributed by atoms with Crippen LogP contribution in [0.1, 0.15) is 29.6 Å². The fourth-order valence-corrected chi connectivity index (χ4v) is 3.90. The van der Waals surface area contributed by atoms with Crippen LogP contribution in [0, 0.1) is 5.41 Å². The Labute approximate surface area is 145 Å². The highest BCUT2D eigenvalue weighted by Crippen LogP contribution is 2.39. The summed E-state index contributed by atoms with van der Waals surface area (Å²) >= 11 is 6.10. The number of ether oxygens (including phenoxy) is 1. The van der Waals surface area contributed by atoms with Crippen molar-refractivity contribution in [2.75, 3.05) is 26.7 Å². The van der Waals surface area contributed by atoms with Gasteiger partial charge in [0.2, 0.25) is 0 Å². The van der Waals surface area contributed by atoms with E-state index in [0.29, 0.717) is 42.4 Å². The summed E-state index contributed by atoms with van der Waals surface area (Å²) in [4.78, 5) is 25.6. The molecule has 2 heterocycles. The first-order valence-corrected chi connectivity index (χ1v) is 8.41. The van der Waals surface area contributed by atoms with Crippen LogP contribution in [0.25, 0.3) is 0 Å². The van der Waals surface area contributed by atoms with Gasteiger partial charge in [-0.1, -0.05) is 11.6 Å². The first-order chi connectivity index (χ1) is 11.4. The molecule has 0 aromatic heterocycles. The predicted octanol–water partition coefficient (Wildman–Crippen LogP) is 2.02. The van der Waals surface area contributed by atoms with E-state index in [9.17, 15) is 9.59 Å². The molecule has 1 amide bonds. The van der Waals surface area contributed by atoms with E-state index in [2.05, 4.69) is 5.32 Å². The smallest absolute Gasteiger partial charge is 0.320 e.